The van der Waals surface area contributed by atoms with E-state index in [-0.39, 0.29) is 11.4 Å². The largest absolute Gasteiger partial charge is 0.357 e. The average Bonchev–Trinajstić information content (AvgIpc) is 3.16. The molecule has 1 aliphatic rings. The van der Waals surface area contributed by atoms with E-state index in [2.05, 4.69) is 27.1 Å². The summed E-state index contributed by atoms with van der Waals surface area (Å²) in [4.78, 5) is 23.4. The molecule has 0 bridgehead atoms. The van der Waals surface area contributed by atoms with Crippen LogP contribution in [0, 0.1) is 0 Å². The average molecular weight is 338 g/mol. The zero-order valence-corrected chi connectivity index (χ0v) is 15.2. The Morgan fingerprint density at radius 3 is 2.48 bits per heavy atom. The van der Waals surface area contributed by atoms with Crippen molar-refractivity contribution in [2.45, 2.75) is 45.6 Å². The molecule has 3 rings (SSSR count). The van der Waals surface area contributed by atoms with Crippen molar-refractivity contribution in [3.63, 3.8) is 0 Å². The van der Waals surface area contributed by atoms with Crippen molar-refractivity contribution in [1.82, 2.24) is 15.3 Å². The van der Waals surface area contributed by atoms with Crippen molar-refractivity contribution in [2.75, 3.05) is 18.0 Å². The fourth-order valence-corrected chi connectivity index (χ4v) is 2.88. The summed E-state index contributed by atoms with van der Waals surface area (Å²) in [5.41, 5.74) is 2.35. The summed E-state index contributed by atoms with van der Waals surface area (Å²) in [6.45, 7) is 8.24. The Kier molecular flexibility index (Phi) is 5.02. The van der Waals surface area contributed by atoms with Crippen LogP contribution < -0.4 is 10.2 Å². The molecule has 132 valence electrons. The minimum Gasteiger partial charge on any atom is -0.357 e. The second kappa shape index (κ2) is 7.21. The second-order valence-electron chi connectivity index (χ2n) is 7.22. The van der Waals surface area contributed by atoms with Crippen LogP contribution in [-0.2, 0) is 0 Å². The molecule has 1 aliphatic heterocycles. The number of carbonyl (C=O) groups is 1. The third-order valence-electron chi connectivity index (χ3n) is 4.86. The van der Waals surface area contributed by atoms with Crippen LogP contribution in [0.3, 0.4) is 0 Å². The zero-order chi connectivity index (χ0) is 17.9. The molecule has 0 unspecified atom stereocenters. The van der Waals surface area contributed by atoms with E-state index in [4.69, 9.17) is 0 Å². The molecule has 1 saturated heterocycles. The summed E-state index contributed by atoms with van der Waals surface area (Å²) in [5.74, 6) is 0.938. The highest BCUT2D eigenvalue weighted by molar-refractivity contribution is 5.95. The third kappa shape index (κ3) is 4.16. The Balaban J connectivity index is 1.76. The smallest absolute Gasteiger partial charge is 0.251 e. The van der Waals surface area contributed by atoms with Gasteiger partial charge in [-0.15, -0.1) is 0 Å². The summed E-state index contributed by atoms with van der Waals surface area (Å²) in [6.07, 6.45) is 4.94. The van der Waals surface area contributed by atoms with Gasteiger partial charge >= 0.3 is 0 Å². The molecule has 1 aromatic carbocycles. The Hall–Kier alpha value is -2.43. The lowest BCUT2D eigenvalue weighted by molar-refractivity contribution is 0.0911. The van der Waals surface area contributed by atoms with Crippen LogP contribution >= 0.6 is 0 Å². The molecule has 2 aromatic rings. The SMILES string of the molecule is CCC(C)(C)NC(=O)c1ccc(-c2cc(N3CCCC3)ncn2)cc1. The van der Waals surface area contributed by atoms with Crippen molar-refractivity contribution in [3.8, 4) is 11.3 Å². The van der Waals surface area contributed by atoms with E-state index in [1.165, 1.54) is 12.8 Å². The van der Waals surface area contributed by atoms with Gasteiger partial charge in [0.1, 0.15) is 12.1 Å². The van der Waals surface area contributed by atoms with Gasteiger partial charge in [0.05, 0.1) is 5.69 Å². The van der Waals surface area contributed by atoms with Gasteiger partial charge in [0.2, 0.25) is 0 Å². The maximum absolute atomic E-state index is 12.4. The molecule has 0 aliphatic carbocycles. The van der Waals surface area contributed by atoms with E-state index >= 15 is 0 Å². The van der Waals surface area contributed by atoms with Crippen molar-refractivity contribution in [1.29, 1.82) is 0 Å². The van der Waals surface area contributed by atoms with Crippen molar-refractivity contribution >= 4 is 11.7 Å². The molecule has 1 fully saturated rings. The first-order valence-corrected chi connectivity index (χ1v) is 8.98. The molecule has 5 heteroatoms. The van der Waals surface area contributed by atoms with E-state index in [1.807, 2.05) is 44.2 Å². The molecule has 1 aromatic heterocycles. The van der Waals surface area contributed by atoms with Crippen LogP contribution in [0.25, 0.3) is 11.3 Å². The number of benzene rings is 1. The number of aromatic nitrogens is 2. The van der Waals surface area contributed by atoms with Gasteiger partial charge in [0.25, 0.3) is 5.91 Å². The molecular weight excluding hydrogens is 312 g/mol. The van der Waals surface area contributed by atoms with Crippen LogP contribution in [-0.4, -0.2) is 34.5 Å². The minimum absolute atomic E-state index is 0.0427. The highest BCUT2D eigenvalue weighted by Gasteiger charge is 2.19. The normalized spacial score (nSPS) is 14.6. The minimum atomic E-state index is -0.201. The van der Waals surface area contributed by atoms with E-state index < -0.39 is 0 Å². The third-order valence-corrected chi connectivity index (χ3v) is 4.86. The molecule has 0 saturated carbocycles. The molecule has 0 radical (unpaired) electrons. The Morgan fingerprint density at radius 1 is 1.16 bits per heavy atom. The van der Waals surface area contributed by atoms with Gasteiger partial charge in [-0.3, -0.25) is 4.79 Å². The number of hydrogen-bond acceptors (Lipinski definition) is 4. The molecule has 0 spiro atoms. The van der Waals surface area contributed by atoms with Gasteiger partial charge in [-0.2, -0.15) is 0 Å². The van der Waals surface area contributed by atoms with Crippen molar-refractivity contribution in [2.24, 2.45) is 0 Å². The quantitative estimate of drug-likeness (QED) is 0.904. The van der Waals surface area contributed by atoms with Crippen LogP contribution in [0.5, 0.6) is 0 Å². The number of carbonyl (C=O) groups excluding carboxylic acids is 1. The van der Waals surface area contributed by atoms with E-state index in [0.717, 1.165) is 36.6 Å². The lowest BCUT2D eigenvalue weighted by Gasteiger charge is -2.24. The predicted octanol–water partition coefficient (Wildman–Crippen LogP) is 3.66. The number of rotatable bonds is 5. The molecule has 25 heavy (non-hydrogen) atoms. The summed E-state index contributed by atoms with van der Waals surface area (Å²) in [6, 6.07) is 9.64. The standard InChI is InChI=1S/C20H26N4O/c1-4-20(2,3)23-19(25)16-9-7-15(8-10-16)17-13-18(22-14-21-17)24-11-5-6-12-24/h7-10,13-14H,4-6,11-12H2,1-3H3,(H,23,25). The lowest BCUT2D eigenvalue weighted by Crippen LogP contribution is -2.42. The van der Waals surface area contributed by atoms with E-state index in [0.29, 0.717) is 5.56 Å². The van der Waals surface area contributed by atoms with Gasteiger partial charge in [-0.1, -0.05) is 19.1 Å². The van der Waals surface area contributed by atoms with E-state index in [9.17, 15) is 4.79 Å². The number of nitrogens with zero attached hydrogens (tertiary/aromatic N) is 3. The van der Waals surface area contributed by atoms with Gasteiger partial charge < -0.3 is 10.2 Å². The fourth-order valence-electron chi connectivity index (χ4n) is 2.88. The summed E-state index contributed by atoms with van der Waals surface area (Å²) in [7, 11) is 0. The molecular formula is C20H26N4O. The summed E-state index contributed by atoms with van der Waals surface area (Å²) >= 11 is 0. The monoisotopic (exact) mass is 338 g/mol. The highest BCUT2D eigenvalue weighted by Crippen LogP contribution is 2.23. The van der Waals surface area contributed by atoms with Crippen molar-refractivity contribution in [3.05, 3.63) is 42.2 Å². The number of anilines is 1. The van der Waals surface area contributed by atoms with E-state index in [1.54, 1.807) is 6.33 Å². The first kappa shape index (κ1) is 17.4. The zero-order valence-electron chi connectivity index (χ0n) is 15.2. The fraction of sp³-hybridized carbons (Fsp3) is 0.450. The highest BCUT2D eigenvalue weighted by atomic mass is 16.1. The van der Waals surface area contributed by atoms with Gasteiger partial charge in [-0.25, -0.2) is 9.97 Å². The first-order chi connectivity index (χ1) is 12.0. The predicted molar refractivity (Wildman–Crippen MR) is 101 cm³/mol. The Labute approximate surface area is 149 Å². The molecule has 1 amide bonds. The summed E-state index contributed by atoms with van der Waals surface area (Å²) < 4.78 is 0. The van der Waals surface area contributed by atoms with Crippen LogP contribution in [0.1, 0.15) is 50.4 Å². The second-order valence-corrected chi connectivity index (χ2v) is 7.22. The number of hydrogen-bond donors (Lipinski definition) is 1. The molecule has 2 heterocycles. The number of amides is 1. The molecule has 1 N–H and O–H groups in total. The topological polar surface area (TPSA) is 58.1 Å². The van der Waals surface area contributed by atoms with Crippen LogP contribution in [0.2, 0.25) is 0 Å². The number of nitrogens with one attached hydrogen (secondary N) is 1. The van der Waals surface area contributed by atoms with Crippen molar-refractivity contribution < 1.29 is 4.79 Å². The Morgan fingerprint density at radius 2 is 1.84 bits per heavy atom. The van der Waals surface area contributed by atoms with Crippen LogP contribution in [0.4, 0.5) is 5.82 Å². The maximum Gasteiger partial charge on any atom is 0.251 e. The summed E-state index contributed by atoms with van der Waals surface area (Å²) in [5, 5.41) is 3.06. The van der Waals surface area contributed by atoms with Crippen LogP contribution in [0.15, 0.2) is 36.7 Å². The Bertz CT molecular complexity index is 734. The van der Waals surface area contributed by atoms with Gasteiger partial charge in [0.15, 0.2) is 0 Å². The first-order valence-electron chi connectivity index (χ1n) is 8.98. The van der Waals surface area contributed by atoms with Gasteiger partial charge in [-0.05, 0) is 45.2 Å². The van der Waals surface area contributed by atoms with Gasteiger partial charge in [0, 0.05) is 35.8 Å². The lowest BCUT2D eigenvalue weighted by atomic mass is 10.0. The maximum atomic E-state index is 12.4. The molecule has 5 nitrogen and oxygen atoms in total. The molecule has 0 atom stereocenters.